The zero-order chi connectivity index (χ0) is 15.5. The van der Waals surface area contributed by atoms with Crippen LogP contribution in [0.15, 0.2) is 54.7 Å². The van der Waals surface area contributed by atoms with E-state index in [0.29, 0.717) is 27.9 Å². The van der Waals surface area contributed by atoms with Gasteiger partial charge < -0.3 is 10.1 Å². The molecule has 1 N–H and O–H groups in total. The Morgan fingerprint density at radius 3 is 2.64 bits per heavy atom. The number of amides is 1. The molecular weight excluding hydrogens is 283 g/mol. The van der Waals surface area contributed by atoms with Gasteiger partial charge in [-0.2, -0.15) is 0 Å². The number of pyridine rings is 1. The standard InChI is InChI=1S/C17H13FN2O2/c1-22-12-6-4-11(5-7-12)17(21)20-15-9-8-14(18)13-3-2-10-19-16(13)15/h2-10H,1H3,(H,20,21). The number of hydrogen-bond donors (Lipinski definition) is 1. The van der Waals surface area contributed by atoms with Gasteiger partial charge in [0, 0.05) is 17.1 Å². The van der Waals surface area contributed by atoms with Crippen LogP contribution in [0.4, 0.5) is 10.1 Å². The van der Waals surface area contributed by atoms with E-state index in [1.54, 1.807) is 49.7 Å². The van der Waals surface area contributed by atoms with Crippen molar-refractivity contribution in [2.45, 2.75) is 0 Å². The van der Waals surface area contributed by atoms with Gasteiger partial charge in [0.25, 0.3) is 5.91 Å². The predicted octanol–water partition coefficient (Wildman–Crippen LogP) is 3.63. The lowest BCUT2D eigenvalue weighted by Crippen LogP contribution is -2.12. The summed E-state index contributed by atoms with van der Waals surface area (Å²) in [5.41, 5.74) is 1.37. The number of fused-ring (bicyclic) bond motifs is 1. The van der Waals surface area contributed by atoms with E-state index >= 15 is 0 Å². The van der Waals surface area contributed by atoms with Crippen molar-refractivity contribution in [2.75, 3.05) is 12.4 Å². The van der Waals surface area contributed by atoms with Crippen LogP contribution in [0.25, 0.3) is 10.9 Å². The van der Waals surface area contributed by atoms with Gasteiger partial charge in [0.15, 0.2) is 0 Å². The summed E-state index contributed by atoms with van der Waals surface area (Å²) in [7, 11) is 1.56. The molecule has 3 rings (SSSR count). The first kappa shape index (κ1) is 14.0. The average Bonchev–Trinajstić information content (AvgIpc) is 2.57. The largest absolute Gasteiger partial charge is 0.497 e. The third-order valence-electron chi connectivity index (χ3n) is 3.32. The fourth-order valence-corrected chi connectivity index (χ4v) is 2.18. The third kappa shape index (κ3) is 2.61. The molecule has 2 aromatic carbocycles. The second kappa shape index (κ2) is 5.81. The Morgan fingerprint density at radius 2 is 1.91 bits per heavy atom. The first-order valence-corrected chi connectivity index (χ1v) is 6.67. The van der Waals surface area contributed by atoms with E-state index < -0.39 is 0 Å². The fraction of sp³-hybridized carbons (Fsp3) is 0.0588. The second-order valence-electron chi connectivity index (χ2n) is 4.68. The lowest BCUT2D eigenvalue weighted by molar-refractivity contribution is 0.102. The van der Waals surface area contributed by atoms with Crippen LogP contribution < -0.4 is 10.1 Å². The maximum Gasteiger partial charge on any atom is 0.255 e. The number of methoxy groups -OCH3 is 1. The molecular formula is C17H13FN2O2. The Morgan fingerprint density at radius 1 is 1.14 bits per heavy atom. The SMILES string of the molecule is COc1ccc(C(=O)Nc2ccc(F)c3cccnc23)cc1. The molecule has 0 saturated heterocycles. The van der Waals surface area contributed by atoms with Crippen molar-refractivity contribution in [3.63, 3.8) is 0 Å². The van der Waals surface area contributed by atoms with Gasteiger partial charge in [-0.3, -0.25) is 9.78 Å². The van der Waals surface area contributed by atoms with Crippen molar-refractivity contribution in [2.24, 2.45) is 0 Å². The number of nitrogens with one attached hydrogen (secondary N) is 1. The smallest absolute Gasteiger partial charge is 0.255 e. The lowest BCUT2D eigenvalue weighted by Gasteiger charge is -2.09. The Bertz CT molecular complexity index is 832. The maximum atomic E-state index is 13.7. The van der Waals surface area contributed by atoms with E-state index in [2.05, 4.69) is 10.3 Å². The molecule has 3 aromatic rings. The number of carbonyl (C=O) groups excluding carboxylic acids is 1. The molecule has 0 atom stereocenters. The number of benzene rings is 2. The molecule has 1 amide bonds. The number of ether oxygens (including phenoxy) is 1. The molecule has 0 unspecified atom stereocenters. The summed E-state index contributed by atoms with van der Waals surface area (Å²) in [5, 5.41) is 3.13. The molecule has 0 aliphatic carbocycles. The number of carbonyl (C=O) groups is 1. The van der Waals surface area contributed by atoms with Crippen LogP contribution in [0.1, 0.15) is 10.4 Å². The molecule has 0 radical (unpaired) electrons. The fourth-order valence-electron chi connectivity index (χ4n) is 2.18. The summed E-state index contributed by atoms with van der Waals surface area (Å²) >= 11 is 0. The molecule has 4 nitrogen and oxygen atoms in total. The van der Waals surface area contributed by atoms with Crippen molar-refractivity contribution in [1.29, 1.82) is 0 Å². The minimum absolute atomic E-state index is 0.291. The number of hydrogen-bond acceptors (Lipinski definition) is 3. The Balaban J connectivity index is 1.92. The van der Waals surface area contributed by atoms with Crippen LogP contribution in [0, 0.1) is 5.82 Å². The van der Waals surface area contributed by atoms with Gasteiger partial charge in [-0.1, -0.05) is 0 Å². The number of aromatic nitrogens is 1. The first-order chi connectivity index (χ1) is 10.7. The first-order valence-electron chi connectivity index (χ1n) is 6.67. The molecule has 110 valence electrons. The normalized spacial score (nSPS) is 10.5. The summed E-state index contributed by atoms with van der Waals surface area (Å²) in [5.74, 6) is 0.0113. The van der Waals surface area contributed by atoms with Crippen molar-refractivity contribution in [1.82, 2.24) is 4.98 Å². The third-order valence-corrected chi connectivity index (χ3v) is 3.32. The predicted molar refractivity (Wildman–Crippen MR) is 82.6 cm³/mol. The summed E-state index contributed by atoms with van der Waals surface area (Å²) in [6, 6.07) is 12.8. The van der Waals surface area contributed by atoms with E-state index in [1.165, 1.54) is 12.1 Å². The Kier molecular flexibility index (Phi) is 3.70. The van der Waals surface area contributed by atoms with Gasteiger partial charge >= 0.3 is 0 Å². The molecule has 0 saturated carbocycles. The molecule has 1 heterocycles. The Labute approximate surface area is 126 Å². The lowest BCUT2D eigenvalue weighted by atomic mass is 10.1. The van der Waals surface area contributed by atoms with Gasteiger partial charge in [0.05, 0.1) is 18.3 Å². The van der Waals surface area contributed by atoms with E-state index in [-0.39, 0.29) is 11.7 Å². The minimum atomic E-state index is -0.370. The highest BCUT2D eigenvalue weighted by atomic mass is 19.1. The maximum absolute atomic E-state index is 13.7. The second-order valence-corrected chi connectivity index (χ2v) is 4.68. The minimum Gasteiger partial charge on any atom is -0.497 e. The van der Waals surface area contributed by atoms with Crippen LogP contribution in [-0.2, 0) is 0 Å². The summed E-state index contributed by atoms with van der Waals surface area (Å²) in [4.78, 5) is 16.4. The molecule has 0 bridgehead atoms. The Hall–Kier alpha value is -2.95. The molecule has 1 aromatic heterocycles. The van der Waals surface area contributed by atoms with Crippen LogP contribution in [0.5, 0.6) is 5.75 Å². The highest BCUT2D eigenvalue weighted by molar-refractivity contribution is 6.08. The highest BCUT2D eigenvalue weighted by Gasteiger charge is 2.11. The molecule has 22 heavy (non-hydrogen) atoms. The van der Waals surface area contributed by atoms with E-state index in [0.717, 1.165) is 0 Å². The summed E-state index contributed by atoms with van der Waals surface area (Å²) in [6.45, 7) is 0. The van der Waals surface area contributed by atoms with Gasteiger partial charge in [-0.25, -0.2) is 4.39 Å². The van der Waals surface area contributed by atoms with Crippen LogP contribution in [0.2, 0.25) is 0 Å². The van der Waals surface area contributed by atoms with Crippen molar-refractivity contribution in [3.05, 3.63) is 66.1 Å². The van der Waals surface area contributed by atoms with E-state index in [9.17, 15) is 9.18 Å². The van der Waals surface area contributed by atoms with Gasteiger partial charge in [0.1, 0.15) is 11.6 Å². The zero-order valence-electron chi connectivity index (χ0n) is 11.8. The van der Waals surface area contributed by atoms with E-state index in [4.69, 9.17) is 4.74 Å². The zero-order valence-corrected chi connectivity index (χ0v) is 11.8. The van der Waals surface area contributed by atoms with Crippen molar-refractivity contribution in [3.8, 4) is 5.75 Å². The van der Waals surface area contributed by atoms with Crippen LogP contribution in [0.3, 0.4) is 0 Å². The quantitative estimate of drug-likeness (QED) is 0.803. The summed E-state index contributed by atoms with van der Waals surface area (Å²) in [6.07, 6.45) is 1.56. The molecule has 0 aliphatic heterocycles. The van der Waals surface area contributed by atoms with Gasteiger partial charge in [-0.05, 0) is 48.5 Å². The molecule has 5 heteroatoms. The van der Waals surface area contributed by atoms with Gasteiger partial charge in [-0.15, -0.1) is 0 Å². The van der Waals surface area contributed by atoms with Crippen LogP contribution in [-0.4, -0.2) is 18.0 Å². The van der Waals surface area contributed by atoms with Crippen molar-refractivity contribution < 1.29 is 13.9 Å². The average molecular weight is 296 g/mol. The van der Waals surface area contributed by atoms with Crippen LogP contribution >= 0.6 is 0 Å². The molecule has 0 spiro atoms. The number of rotatable bonds is 3. The van der Waals surface area contributed by atoms with Crippen molar-refractivity contribution >= 4 is 22.5 Å². The number of nitrogens with zero attached hydrogens (tertiary/aromatic N) is 1. The van der Waals surface area contributed by atoms with E-state index in [1.807, 2.05) is 0 Å². The molecule has 0 aliphatic rings. The summed E-state index contributed by atoms with van der Waals surface area (Å²) < 4.78 is 18.8. The highest BCUT2D eigenvalue weighted by Crippen LogP contribution is 2.24. The van der Waals surface area contributed by atoms with Gasteiger partial charge in [0.2, 0.25) is 0 Å². The number of halogens is 1. The molecule has 0 fully saturated rings. The monoisotopic (exact) mass is 296 g/mol. The topological polar surface area (TPSA) is 51.2 Å². The number of anilines is 1.